The molecule has 20 heavy (non-hydrogen) atoms. The van der Waals surface area contributed by atoms with Crippen LogP contribution in [0.3, 0.4) is 0 Å². The van der Waals surface area contributed by atoms with E-state index in [1.807, 2.05) is 14.1 Å². The second kappa shape index (κ2) is 12.7. The minimum Gasteiger partial charge on any atom is -0.383 e. The fraction of sp³-hybridized carbons (Fsp3) is 0.923. The quantitative estimate of drug-likeness (QED) is 0.622. The predicted octanol–water partition coefficient (Wildman–Crippen LogP) is 1.16. The maximum absolute atomic E-state index is 11.7. The van der Waals surface area contributed by atoms with Crippen LogP contribution in [0.25, 0.3) is 0 Å². The lowest BCUT2D eigenvalue weighted by atomic mass is 9.85. The number of hydrogen-bond donors (Lipinski definition) is 2. The maximum atomic E-state index is 11.7. The summed E-state index contributed by atoms with van der Waals surface area (Å²) in [6, 6.07) is 0.136. The molecular weight excluding hydrogens is 301 g/mol. The van der Waals surface area contributed by atoms with Crippen molar-refractivity contribution in [3.63, 3.8) is 0 Å². The Balaban J connectivity index is -0.00000144. The summed E-state index contributed by atoms with van der Waals surface area (Å²) in [5.74, 6) is 0.0328. The van der Waals surface area contributed by atoms with E-state index in [0.717, 1.165) is 6.54 Å². The molecule has 1 amide bonds. The Morgan fingerprint density at radius 1 is 1.30 bits per heavy atom. The molecule has 2 N–H and O–H groups in total. The molecule has 5 nitrogen and oxygen atoms in total. The molecule has 0 aromatic rings. The zero-order valence-corrected chi connectivity index (χ0v) is 15.1. The highest BCUT2D eigenvalue weighted by Gasteiger charge is 2.27. The lowest BCUT2D eigenvalue weighted by molar-refractivity contribution is -0.121. The topological polar surface area (TPSA) is 53.6 Å². The van der Waals surface area contributed by atoms with Gasteiger partial charge in [0.2, 0.25) is 5.91 Å². The summed E-state index contributed by atoms with van der Waals surface area (Å²) in [4.78, 5) is 13.9. The first-order chi connectivity index (χ1) is 8.29. The Kier molecular flexibility index (Phi) is 15.8. The summed E-state index contributed by atoms with van der Waals surface area (Å²) < 4.78 is 4.90. The van der Waals surface area contributed by atoms with Crippen LogP contribution < -0.4 is 10.6 Å². The summed E-state index contributed by atoms with van der Waals surface area (Å²) in [6.07, 6.45) is 0. The Hall–Kier alpha value is -0.0700. The number of nitrogens with zero attached hydrogens (tertiary/aromatic N) is 1. The van der Waals surface area contributed by atoms with Crippen molar-refractivity contribution in [2.75, 3.05) is 47.4 Å². The number of rotatable bonds is 9. The van der Waals surface area contributed by atoms with Crippen molar-refractivity contribution in [1.82, 2.24) is 15.5 Å². The molecule has 0 radical (unpaired) electrons. The van der Waals surface area contributed by atoms with Crippen LogP contribution in [0.15, 0.2) is 0 Å². The SMILES string of the molecule is COCCNCC(=O)NC(C)C(C)(C)CN(C)C.Cl.Cl. The van der Waals surface area contributed by atoms with Gasteiger partial charge >= 0.3 is 0 Å². The molecule has 0 heterocycles. The monoisotopic (exact) mass is 331 g/mol. The average molecular weight is 332 g/mol. The third kappa shape index (κ3) is 11.7. The van der Waals surface area contributed by atoms with Crippen molar-refractivity contribution >= 4 is 30.7 Å². The first-order valence-electron chi connectivity index (χ1n) is 6.43. The maximum Gasteiger partial charge on any atom is 0.234 e. The average Bonchev–Trinajstić information content (AvgIpc) is 2.22. The lowest BCUT2D eigenvalue weighted by Crippen LogP contribution is -2.49. The molecule has 1 atom stereocenters. The van der Waals surface area contributed by atoms with Gasteiger partial charge in [0.1, 0.15) is 0 Å². The highest BCUT2D eigenvalue weighted by molar-refractivity contribution is 5.85. The summed E-state index contributed by atoms with van der Waals surface area (Å²) in [7, 11) is 5.73. The summed E-state index contributed by atoms with van der Waals surface area (Å²) in [5.41, 5.74) is 0.0473. The highest BCUT2D eigenvalue weighted by Crippen LogP contribution is 2.20. The van der Waals surface area contributed by atoms with Crippen molar-refractivity contribution in [3.05, 3.63) is 0 Å². The molecule has 0 aliphatic rings. The molecule has 0 spiro atoms. The third-order valence-electron chi connectivity index (χ3n) is 3.04. The molecule has 0 saturated carbocycles. The molecule has 7 heteroatoms. The largest absolute Gasteiger partial charge is 0.383 e. The van der Waals surface area contributed by atoms with E-state index in [2.05, 4.69) is 36.3 Å². The van der Waals surface area contributed by atoms with E-state index < -0.39 is 0 Å². The molecule has 0 rings (SSSR count). The van der Waals surface area contributed by atoms with E-state index in [1.54, 1.807) is 7.11 Å². The molecule has 0 aliphatic carbocycles. The smallest absolute Gasteiger partial charge is 0.234 e. The van der Waals surface area contributed by atoms with Crippen LogP contribution in [-0.4, -0.2) is 64.3 Å². The van der Waals surface area contributed by atoms with Gasteiger partial charge in [-0.2, -0.15) is 0 Å². The van der Waals surface area contributed by atoms with Crippen molar-refractivity contribution < 1.29 is 9.53 Å². The van der Waals surface area contributed by atoms with Gasteiger partial charge in [-0.3, -0.25) is 4.79 Å². The zero-order chi connectivity index (χ0) is 14.2. The van der Waals surface area contributed by atoms with Gasteiger partial charge in [-0.25, -0.2) is 0 Å². The van der Waals surface area contributed by atoms with Crippen molar-refractivity contribution in [2.45, 2.75) is 26.8 Å². The molecule has 124 valence electrons. The molecule has 0 fully saturated rings. The standard InChI is InChI=1S/C13H29N3O2.2ClH/c1-11(13(2,3)10-16(4)5)15-12(17)9-14-7-8-18-6;;/h11,14H,7-10H2,1-6H3,(H,15,17);2*1H. The van der Waals surface area contributed by atoms with Gasteiger partial charge in [0.15, 0.2) is 0 Å². The second-order valence-electron chi connectivity index (χ2n) is 5.69. The van der Waals surface area contributed by atoms with Gasteiger partial charge < -0.3 is 20.3 Å². The fourth-order valence-electron chi connectivity index (χ4n) is 1.82. The first-order valence-corrected chi connectivity index (χ1v) is 6.43. The number of carbonyl (C=O) groups excluding carboxylic acids is 1. The van der Waals surface area contributed by atoms with Gasteiger partial charge in [0.25, 0.3) is 0 Å². The molecule has 0 aliphatic heterocycles. The minimum atomic E-state index is 0. The number of ether oxygens (including phenoxy) is 1. The Morgan fingerprint density at radius 2 is 1.85 bits per heavy atom. The Morgan fingerprint density at radius 3 is 2.30 bits per heavy atom. The number of carbonyl (C=O) groups is 1. The van der Waals surface area contributed by atoms with Gasteiger partial charge in [-0.15, -0.1) is 24.8 Å². The fourth-order valence-corrected chi connectivity index (χ4v) is 1.82. The van der Waals surface area contributed by atoms with Crippen LogP contribution in [0.1, 0.15) is 20.8 Å². The van der Waals surface area contributed by atoms with E-state index in [1.165, 1.54) is 0 Å². The molecule has 0 aromatic heterocycles. The normalized spacial score (nSPS) is 12.3. The minimum absolute atomic E-state index is 0. The summed E-state index contributed by atoms with van der Waals surface area (Å²) in [6.45, 7) is 8.97. The number of amides is 1. The van der Waals surface area contributed by atoms with Gasteiger partial charge in [-0.05, 0) is 26.4 Å². The number of halogens is 2. The van der Waals surface area contributed by atoms with E-state index in [4.69, 9.17) is 4.74 Å². The molecule has 0 bridgehead atoms. The van der Waals surface area contributed by atoms with Crippen LogP contribution in [-0.2, 0) is 9.53 Å². The van der Waals surface area contributed by atoms with Crippen LogP contribution in [0, 0.1) is 5.41 Å². The molecular formula is C13H31Cl2N3O2. The van der Waals surface area contributed by atoms with Crippen LogP contribution >= 0.6 is 24.8 Å². The molecule has 0 aromatic carbocycles. The van der Waals surface area contributed by atoms with Crippen LogP contribution in [0.4, 0.5) is 0 Å². The van der Waals surface area contributed by atoms with E-state index in [0.29, 0.717) is 19.7 Å². The predicted molar refractivity (Wildman–Crippen MR) is 89.2 cm³/mol. The third-order valence-corrected chi connectivity index (χ3v) is 3.04. The van der Waals surface area contributed by atoms with E-state index in [-0.39, 0.29) is 42.2 Å². The van der Waals surface area contributed by atoms with E-state index >= 15 is 0 Å². The number of nitrogens with one attached hydrogen (secondary N) is 2. The molecule has 0 saturated heterocycles. The Labute approximate surface area is 136 Å². The zero-order valence-electron chi connectivity index (χ0n) is 13.5. The first kappa shape index (κ1) is 24.9. The van der Waals surface area contributed by atoms with E-state index in [9.17, 15) is 4.79 Å². The van der Waals surface area contributed by atoms with Crippen molar-refractivity contribution in [2.24, 2.45) is 5.41 Å². The molecule has 1 unspecified atom stereocenters. The summed E-state index contributed by atoms with van der Waals surface area (Å²) >= 11 is 0. The number of methoxy groups -OCH3 is 1. The van der Waals surface area contributed by atoms with Crippen molar-refractivity contribution in [1.29, 1.82) is 0 Å². The second-order valence-corrected chi connectivity index (χ2v) is 5.69. The van der Waals surface area contributed by atoms with Crippen molar-refractivity contribution in [3.8, 4) is 0 Å². The van der Waals surface area contributed by atoms with Gasteiger partial charge in [-0.1, -0.05) is 13.8 Å². The van der Waals surface area contributed by atoms with Crippen LogP contribution in [0.2, 0.25) is 0 Å². The Bertz CT molecular complexity index is 252. The highest BCUT2D eigenvalue weighted by atomic mass is 35.5. The number of hydrogen-bond acceptors (Lipinski definition) is 4. The van der Waals surface area contributed by atoms with Gasteiger partial charge in [0, 0.05) is 26.2 Å². The lowest BCUT2D eigenvalue weighted by Gasteiger charge is -2.34. The van der Waals surface area contributed by atoms with Crippen LogP contribution in [0.5, 0.6) is 0 Å². The summed E-state index contributed by atoms with van der Waals surface area (Å²) in [5, 5.41) is 6.07. The van der Waals surface area contributed by atoms with Gasteiger partial charge in [0.05, 0.1) is 13.2 Å².